The van der Waals surface area contributed by atoms with Gasteiger partial charge in [-0.05, 0) is 43.4 Å². The van der Waals surface area contributed by atoms with E-state index in [0.29, 0.717) is 23.9 Å². The first-order valence-corrected chi connectivity index (χ1v) is 10.4. The molecular weight excluding hydrogens is 401 g/mol. The Kier molecular flexibility index (Phi) is 5.10. The zero-order valence-corrected chi connectivity index (χ0v) is 17.0. The molecule has 0 N–H and O–H groups in total. The highest BCUT2D eigenvalue weighted by Gasteiger charge is 2.36. The summed E-state index contributed by atoms with van der Waals surface area (Å²) >= 11 is 1.42. The minimum Gasteiger partial charge on any atom is -0.337 e. The molecule has 1 amide bonds. The average Bonchev–Trinajstić information content (AvgIpc) is 3.32. The highest BCUT2D eigenvalue weighted by molar-refractivity contribution is 7.15. The Morgan fingerprint density at radius 1 is 1.31 bits per heavy atom. The molecule has 4 heterocycles. The van der Waals surface area contributed by atoms with Gasteiger partial charge in [0, 0.05) is 24.0 Å². The van der Waals surface area contributed by atoms with Gasteiger partial charge in [-0.15, -0.1) is 11.3 Å². The standard InChI is InChI=1S/C20H21F3N4OS/c1-3-13-6-7-16(29-13)14-9-17(20(21,22)23)27-18(24-14)10-15(25-27)19(28)26-8-4-5-12(2)11-26/h6-7,9-10,12H,3-5,8,11H2,1-2H3/t12-/m1/s1. The molecule has 154 valence electrons. The molecule has 5 nitrogen and oxygen atoms in total. The lowest BCUT2D eigenvalue weighted by atomic mass is 10.0. The summed E-state index contributed by atoms with van der Waals surface area (Å²) in [6.45, 7) is 5.23. The number of hydrogen-bond acceptors (Lipinski definition) is 4. The van der Waals surface area contributed by atoms with Crippen molar-refractivity contribution < 1.29 is 18.0 Å². The third-order valence-electron chi connectivity index (χ3n) is 5.14. The number of carbonyl (C=O) groups excluding carboxylic acids is 1. The van der Waals surface area contributed by atoms with Gasteiger partial charge in [0.05, 0.1) is 10.6 Å². The van der Waals surface area contributed by atoms with Crippen LogP contribution in [0.15, 0.2) is 24.3 Å². The summed E-state index contributed by atoms with van der Waals surface area (Å²) in [4.78, 5) is 20.6. The number of aromatic nitrogens is 3. The molecular formula is C20H21F3N4OS. The van der Waals surface area contributed by atoms with Crippen LogP contribution in [0.25, 0.3) is 16.2 Å². The van der Waals surface area contributed by atoms with Crippen LogP contribution >= 0.6 is 11.3 Å². The third-order valence-corrected chi connectivity index (χ3v) is 6.40. The van der Waals surface area contributed by atoms with Gasteiger partial charge in [-0.3, -0.25) is 4.79 Å². The molecule has 1 saturated heterocycles. The van der Waals surface area contributed by atoms with Crippen molar-refractivity contribution in [3.05, 3.63) is 40.5 Å². The summed E-state index contributed by atoms with van der Waals surface area (Å²) in [5.74, 6) is 0.0212. The highest BCUT2D eigenvalue weighted by Crippen LogP contribution is 2.34. The number of aryl methyl sites for hydroxylation is 1. The number of rotatable bonds is 3. The highest BCUT2D eigenvalue weighted by atomic mass is 32.1. The second-order valence-corrected chi connectivity index (χ2v) is 8.61. The first-order valence-electron chi connectivity index (χ1n) is 9.62. The van der Waals surface area contributed by atoms with Crippen LogP contribution in [-0.2, 0) is 12.6 Å². The van der Waals surface area contributed by atoms with Crippen LogP contribution < -0.4 is 0 Å². The number of alkyl halides is 3. The van der Waals surface area contributed by atoms with Crippen molar-refractivity contribution in [3.63, 3.8) is 0 Å². The van der Waals surface area contributed by atoms with Crippen molar-refractivity contribution in [1.82, 2.24) is 19.5 Å². The minimum absolute atomic E-state index is 0.00493. The zero-order chi connectivity index (χ0) is 20.8. The van der Waals surface area contributed by atoms with E-state index in [4.69, 9.17) is 0 Å². The molecule has 1 atom stereocenters. The minimum atomic E-state index is -4.62. The average molecular weight is 422 g/mol. The molecule has 4 rings (SSSR count). The van der Waals surface area contributed by atoms with E-state index in [9.17, 15) is 18.0 Å². The number of fused-ring (bicyclic) bond motifs is 1. The van der Waals surface area contributed by atoms with Gasteiger partial charge in [-0.2, -0.15) is 18.3 Å². The van der Waals surface area contributed by atoms with Crippen LogP contribution in [0.5, 0.6) is 0 Å². The van der Waals surface area contributed by atoms with E-state index in [2.05, 4.69) is 17.0 Å². The quantitative estimate of drug-likeness (QED) is 0.603. The molecule has 29 heavy (non-hydrogen) atoms. The fourth-order valence-corrected chi connectivity index (χ4v) is 4.56. The number of carbonyl (C=O) groups is 1. The van der Waals surface area contributed by atoms with Crippen molar-refractivity contribution in [2.24, 2.45) is 5.92 Å². The van der Waals surface area contributed by atoms with Crippen molar-refractivity contribution >= 4 is 22.9 Å². The zero-order valence-electron chi connectivity index (χ0n) is 16.2. The largest absolute Gasteiger partial charge is 0.433 e. The Hall–Kier alpha value is -2.42. The van der Waals surface area contributed by atoms with Crippen LogP contribution in [0.4, 0.5) is 13.2 Å². The summed E-state index contributed by atoms with van der Waals surface area (Å²) in [5, 5.41) is 3.98. The molecule has 3 aromatic rings. The maximum atomic E-state index is 13.7. The monoisotopic (exact) mass is 422 g/mol. The molecule has 9 heteroatoms. The van der Waals surface area contributed by atoms with Crippen molar-refractivity contribution in [2.45, 2.75) is 39.3 Å². The molecule has 0 radical (unpaired) electrons. The fourth-order valence-electron chi connectivity index (χ4n) is 3.65. The summed E-state index contributed by atoms with van der Waals surface area (Å²) in [5.41, 5.74) is -0.681. The lowest BCUT2D eigenvalue weighted by Gasteiger charge is -2.30. The summed E-state index contributed by atoms with van der Waals surface area (Å²) in [6.07, 6.45) is -1.89. The van der Waals surface area contributed by atoms with E-state index in [1.165, 1.54) is 17.4 Å². The molecule has 0 unspecified atom stereocenters. The molecule has 0 saturated carbocycles. The number of thiophene rings is 1. The van der Waals surface area contributed by atoms with E-state index in [0.717, 1.165) is 34.7 Å². The van der Waals surface area contributed by atoms with Gasteiger partial charge < -0.3 is 4.90 Å². The summed E-state index contributed by atoms with van der Waals surface area (Å²) in [6, 6.07) is 6.03. The Bertz CT molecular complexity index is 1060. The van der Waals surface area contributed by atoms with E-state index < -0.39 is 11.9 Å². The molecule has 0 aromatic carbocycles. The number of hydrogen-bond donors (Lipinski definition) is 0. The van der Waals surface area contributed by atoms with Gasteiger partial charge >= 0.3 is 6.18 Å². The molecule has 1 fully saturated rings. The Balaban J connectivity index is 1.79. The summed E-state index contributed by atoms with van der Waals surface area (Å²) < 4.78 is 41.9. The van der Waals surface area contributed by atoms with Gasteiger partial charge in [0.25, 0.3) is 5.91 Å². The predicted molar refractivity (Wildman–Crippen MR) is 105 cm³/mol. The Morgan fingerprint density at radius 2 is 2.10 bits per heavy atom. The number of halogens is 3. The molecule has 1 aliphatic heterocycles. The predicted octanol–water partition coefficient (Wildman–Crippen LogP) is 4.91. The van der Waals surface area contributed by atoms with Crippen LogP contribution in [0.3, 0.4) is 0 Å². The first kappa shape index (κ1) is 19.9. The lowest BCUT2D eigenvalue weighted by molar-refractivity contribution is -0.142. The Labute approximate surface area is 170 Å². The van der Waals surface area contributed by atoms with E-state index >= 15 is 0 Å². The van der Waals surface area contributed by atoms with Gasteiger partial charge in [0.2, 0.25) is 0 Å². The lowest BCUT2D eigenvalue weighted by Crippen LogP contribution is -2.39. The molecule has 0 aliphatic carbocycles. The number of likely N-dealkylation sites (tertiary alicyclic amines) is 1. The second kappa shape index (κ2) is 7.44. The Morgan fingerprint density at radius 3 is 2.76 bits per heavy atom. The molecule has 3 aromatic heterocycles. The topological polar surface area (TPSA) is 50.5 Å². The second-order valence-electron chi connectivity index (χ2n) is 7.44. The van der Waals surface area contributed by atoms with E-state index in [1.54, 1.807) is 11.0 Å². The van der Waals surface area contributed by atoms with Gasteiger partial charge in [0.1, 0.15) is 0 Å². The van der Waals surface area contributed by atoms with Crippen LogP contribution in [0.1, 0.15) is 47.7 Å². The normalized spacial score (nSPS) is 17.8. The molecule has 0 bridgehead atoms. The van der Waals surface area contributed by atoms with Crippen LogP contribution in [0.2, 0.25) is 0 Å². The van der Waals surface area contributed by atoms with E-state index in [1.807, 2.05) is 13.0 Å². The van der Waals surface area contributed by atoms with Gasteiger partial charge in [-0.1, -0.05) is 13.8 Å². The van der Waals surface area contributed by atoms with Crippen LogP contribution in [-0.4, -0.2) is 38.5 Å². The van der Waals surface area contributed by atoms with Crippen molar-refractivity contribution in [3.8, 4) is 10.6 Å². The maximum Gasteiger partial charge on any atom is 0.433 e. The number of nitrogens with zero attached hydrogens (tertiary/aromatic N) is 4. The number of piperidine rings is 1. The third kappa shape index (κ3) is 3.88. The fraction of sp³-hybridized carbons (Fsp3) is 0.450. The van der Waals surface area contributed by atoms with Crippen LogP contribution in [0, 0.1) is 5.92 Å². The summed E-state index contributed by atoms with van der Waals surface area (Å²) in [7, 11) is 0. The van der Waals surface area contributed by atoms with Crippen molar-refractivity contribution in [2.75, 3.05) is 13.1 Å². The van der Waals surface area contributed by atoms with Crippen molar-refractivity contribution in [1.29, 1.82) is 0 Å². The maximum absolute atomic E-state index is 13.7. The SMILES string of the molecule is CCc1ccc(-c2cc(C(F)(F)F)n3nc(C(=O)N4CCC[C@@H](C)C4)cc3n2)s1. The van der Waals surface area contributed by atoms with Gasteiger partial charge in [-0.25, -0.2) is 9.50 Å². The van der Waals surface area contributed by atoms with Gasteiger partial charge in [0.15, 0.2) is 17.0 Å². The first-order chi connectivity index (χ1) is 13.8. The molecule has 1 aliphatic rings. The smallest absolute Gasteiger partial charge is 0.337 e. The molecule has 0 spiro atoms. The number of amides is 1. The van der Waals surface area contributed by atoms with E-state index in [-0.39, 0.29) is 22.9 Å².